The summed E-state index contributed by atoms with van der Waals surface area (Å²) in [4.78, 5) is 37.1. The maximum atomic E-state index is 12.7. The minimum absolute atomic E-state index is 0.331. The number of hydrogen-bond acceptors (Lipinski definition) is 3. The maximum absolute atomic E-state index is 12.7. The summed E-state index contributed by atoms with van der Waals surface area (Å²) in [6, 6.07) is 16.6. The van der Waals surface area contributed by atoms with E-state index >= 15 is 0 Å². The van der Waals surface area contributed by atoms with Gasteiger partial charge in [0.1, 0.15) is 6.54 Å². The molecule has 1 amide bonds. The van der Waals surface area contributed by atoms with Gasteiger partial charge in [0.05, 0.1) is 6.54 Å². The number of carbonyl (C=O) groups is 1. The molecule has 1 N–H and O–H groups in total. The van der Waals surface area contributed by atoms with E-state index in [0.29, 0.717) is 12.2 Å². The molecule has 1 heterocycles. The summed E-state index contributed by atoms with van der Waals surface area (Å²) in [6.07, 6.45) is 2.37. The number of anilines is 1. The van der Waals surface area contributed by atoms with Crippen LogP contribution in [0.5, 0.6) is 0 Å². The highest BCUT2D eigenvalue weighted by Gasteiger charge is 2.11. The first-order chi connectivity index (χ1) is 13.5. The number of aromatic nitrogens is 2. The van der Waals surface area contributed by atoms with E-state index in [1.54, 1.807) is 12.1 Å². The van der Waals surface area contributed by atoms with Crippen LogP contribution in [0.25, 0.3) is 0 Å². The third-order valence-corrected chi connectivity index (χ3v) is 4.56. The summed E-state index contributed by atoms with van der Waals surface area (Å²) in [5.74, 6) is -0.420. The molecule has 0 radical (unpaired) electrons. The highest BCUT2D eigenvalue weighted by Crippen LogP contribution is 2.10. The molecule has 0 aliphatic carbocycles. The fourth-order valence-electron chi connectivity index (χ4n) is 2.88. The van der Waals surface area contributed by atoms with Gasteiger partial charge in [0, 0.05) is 18.0 Å². The van der Waals surface area contributed by atoms with Gasteiger partial charge in [0.15, 0.2) is 0 Å². The quantitative estimate of drug-likeness (QED) is 0.718. The van der Waals surface area contributed by atoms with Gasteiger partial charge in [0.25, 0.3) is 5.56 Å². The molecule has 0 aliphatic heterocycles. The summed E-state index contributed by atoms with van der Waals surface area (Å²) in [7, 11) is 0. The highest BCUT2D eigenvalue weighted by atomic mass is 16.2. The zero-order valence-electron chi connectivity index (χ0n) is 16.0. The van der Waals surface area contributed by atoms with Crippen molar-refractivity contribution in [2.75, 3.05) is 5.32 Å². The smallest absolute Gasteiger partial charge is 0.325 e. The first-order valence-electron chi connectivity index (χ1n) is 9.21. The van der Waals surface area contributed by atoms with Crippen LogP contribution in [0.3, 0.4) is 0 Å². The van der Waals surface area contributed by atoms with E-state index in [-0.39, 0.29) is 6.54 Å². The molecular weight excluding hydrogens is 354 g/mol. The van der Waals surface area contributed by atoms with Gasteiger partial charge in [-0.05, 0) is 36.6 Å². The summed E-state index contributed by atoms with van der Waals surface area (Å²) in [5.41, 5.74) is 2.86. The summed E-state index contributed by atoms with van der Waals surface area (Å²) < 4.78 is 2.37. The average molecular weight is 377 g/mol. The highest BCUT2D eigenvalue weighted by molar-refractivity contribution is 5.90. The number of benzene rings is 2. The van der Waals surface area contributed by atoms with E-state index in [0.717, 1.165) is 27.7 Å². The molecule has 6 heteroatoms. The standard InChI is InChI=1S/C22H23N3O3/c1-3-17-8-10-19(11-9-17)23-20(26)15-25-21(27)12-13-24(22(25)28)14-18-6-4-16(2)5-7-18/h4-13H,3,14-15H2,1-2H3,(H,23,26). The van der Waals surface area contributed by atoms with Crippen LogP contribution < -0.4 is 16.6 Å². The Bertz CT molecular complexity index is 1080. The van der Waals surface area contributed by atoms with Crippen LogP contribution in [0.15, 0.2) is 70.4 Å². The second-order valence-corrected chi connectivity index (χ2v) is 6.73. The van der Waals surface area contributed by atoms with Gasteiger partial charge in [-0.1, -0.05) is 48.9 Å². The Hall–Kier alpha value is -3.41. The Morgan fingerprint density at radius 3 is 2.21 bits per heavy atom. The van der Waals surface area contributed by atoms with Crippen molar-refractivity contribution in [3.05, 3.63) is 98.3 Å². The van der Waals surface area contributed by atoms with Crippen LogP contribution in [0.1, 0.15) is 23.6 Å². The van der Waals surface area contributed by atoms with Crippen molar-refractivity contribution in [3.63, 3.8) is 0 Å². The van der Waals surface area contributed by atoms with Crippen molar-refractivity contribution >= 4 is 11.6 Å². The number of nitrogens with zero attached hydrogens (tertiary/aromatic N) is 2. The van der Waals surface area contributed by atoms with E-state index in [9.17, 15) is 14.4 Å². The Labute approximate surface area is 163 Å². The van der Waals surface area contributed by atoms with E-state index in [1.165, 1.54) is 16.8 Å². The molecule has 0 bridgehead atoms. The summed E-state index contributed by atoms with van der Waals surface area (Å²) in [5, 5.41) is 2.72. The van der Waals surface area contributed by atoms with Crippen molar-refractivity contribution in [2.24, 2.45) is 0 Å². The molecule has 28 heavy (non-hydrogen) atoms. The van der Waals surface area contributed by atoms with E-state index in [1.807, 2.05) is 43.3 Å². The number of carbonyl (C=O) groups excluding carboxylic acids is 1. The lowest BCUT2D eigenvalue weighted by Gasteiger charge is -2.11. The monoisotopic (exact) mass is 377 g/mol. The lowest BCUT2D eigenvalue weighted by atomic mass is 10.1. The van der Waals surface area contributed by atoms with Crippen molar-refractivity contribution < 1.29 is 4.79 Å². The summed E-state index contributed by atoms with van der Waals surface area (Å²) >= 11 is 0. The van der Waals surface area contributed by atoms with Gasteiger partial charge >= 0.3 is 5.69 Å². The predicted octanol–water partition coefficient (Wildman–Crippen LogP) is 2.57. The Morgan fingerprint density at radius 1 is 0.929 bits per heavy atom. The van der Waals surface area contributed by atoms with E-state index in [2.05, 4.69) is 12.2 Å². The normalized spacial score (nSPS) is 10.6. The van der Waals surface area contributed by atoms with E-state index < -0.39 is 17.2 Å². The molecule has 0 atom stereocenters. The topological polar surface area (TPSA) is 73.1 Å². The fourth-order valence-corrected chi connectivity index (χ4v) is 2.88. The van der Waals surface area contributed by atoms with E-state index in [4.69, 9.17) is 0 Å². The van der Waals surface area contributed by atoms with Crippen LogP contribution in [-0.4, -0.2) is 15.0 Å². The number of hydrogen-bond donors (Lipinski definition) is 1. The average Bonchev–Trinajstić information content (AvgIpc) is 2.69. The molecule has 6 nitrogen and oxygen atoms in total. The Balaban J connectivity index is 1.77. The SMILES string of the molecule is CCc1ccc(NC(=O)Cn2c(=O)ccn(Cc3ccc(C)cc3)c2=O)cc1. The molecule has 0 saturated heterocycles. The third-order valence-electron chi connectivity index (χ3n) is 4.56. The molecule has 1 aromatic heterocycles. The molecule has 3 aromatic rings. The van der Waals surface area contributed by atoms with Gasteiger partial charge in [-0.3, -0.25) is 18.7 Å². The van der Waals surface area contributed by atoms with Crippen LogP contribution in [0.2, 0.25) is 0 Å². The Morgan fingerprint density at radius 2 is 1.57 bits per heavy atom. The molecular formula is C22H23N3O3. The maximum Gasteiger partial charge on any atom is 0.331 e. The Kier molecular flexibility index (Phi) is 5.89. The third kappa shape index (κ3) is 4.65. The zero-order valence-corrected chi connectivity index (χ0v) is 16.0. The minimum Gasteiger partial charge on any atom is -0.325 e. The van der Waals surface area contributed by atoms with Crippen molar-refractivity contribution in [2.45, 2.75) is 33.4 Å². The van der Waals surface area contributed by atoms with Crippen LogP contribution in [-0.2, 0) is 24.3 Å². The predicted molar refractivity (Wildman–Crippen MR) is 110 cm³/mol. The van der Waals surface area contributed by atoms with Crippen LogP contribution >= 0.6 is 0 Å². The van der Waals surface area contributed by atoms with Gasteiger partial charge in [-0.15, -0.1) is 0 Å². The first-order valence-corrected chi connectivity index (χ1v) is 9.21. The molecule has 2 aromatic carbocycles. The number of amides is 1. The number of nitrogens with one attached hydrogen (secondary N) is 1. The van der Waals surface area contributed by atoms with Gasteiger partial charge < -0.3 is 5.32 Å². The van der Waals surface area contributed by atoms with Gasteiger partial charge in [0.2, 0.25) is 5.91 Å². The summed E-state index contributed by atoms with van der Waals surface area (Å²) in [6.45, 7) is 4.04. The number of aryl methyl sites for hydroxylation is 2. The molecule has 0 spiro atoms. The number of rotatable bonds is 6. The van der Waals surface area contributed by atoms with Gasteiger partial charge in [-0.2, -0.15) is 0 Å². The molecule has 144 valence electrons. The zero-order chi connectivity index (χ0) is 20.1. The van der Waals surface area contributed by atoms with Crippen molar-refractivity contribution in [1.29, 1.82) is 0 Å². The molecule has 0 aliphatic rings. The van der Waals surface area contributed by atoms with Crippen LogP contribution in [0, 0.1) is 6.92 Å². The molecule has 0 saturated carbocycles. The van der Waals surface area contributed by atoms with Crippen LogP contribution in [0.4, 0.5) is 5.69 Å². The van der Waals surface area contributed by atoms with Crippen molar-refractivity contribution in [1.82, 2.24) is 9.13 Å². The minimum atomic E-state index is -0.510. The second kappa shape index (κ2) is 8.52. The molecule has 0 fully saturated rings. The molecule has 0 unspecified atom stereocenters. The fraction of sp³-hybridized carbons (Fsp3) is 0.227. The largest absolute Gasteiger partial charge is 0.331 e. The molecule has 3 rings (SSSR count). The van der Waals surface area contributed by atoms with Gasteiger partial charge in [-0.25, -0.2) is 4.79 Å². The lowest BCUT2D eigenvalue weighted by Crippen LogP contribution is -2.41. The lowest BCUT2D eigenvalue weighted by molar-refractivity contribution is -0.116. The van der Waals surface area contributed by atoms with Crippen molar-refractivity contribution in [3.8, 4) is 0 Å². The first kappa shape index (κ1) is 19.4. The second-order valence-electron chi connectivity index (χ2n) is 6.73.